The molecular weight excluding hydrogens is 440 g/mol. The third-order valence-corrected chi connectivity index (χ3v) is 5.87. The van der Waals surface area contributed by atoms with Gasteiger partial charge in [0.15, 0.2) is 19.0 Å². The van der Waals surface area contributed by atoms with Crippen LogP contribution < -0.4 is 24.4 Å². The van der Waals surface area contributed by atoms with Gasteiger partial charge in [-0.3, -0.25) is 19.3 Å². The highest BCUT2D eigenvalue weighted by Crippen LogP contribution is 2.34. The standard InChI is InChI=1S/C25H28N2O7/c1-16(25(30)26-13-20-7-4-10-32-20)27-21-11-17(8-9-23(21)34-15-24(27)29)22(28)14-33-19-6-3-5-18(12-19)31-2/h3,5-6,8-9,11-12,16,20H,4,7,10,13-15H2,1-2H3,(H,26,30)/t16-,20-/m1/s1. The molecule has 0 spiro atoms. The summed E-state index contributed by atoms with van der Waals surface area (Å²) < 4.78 is 21.8. The molecule has 0 saturated carbocycles. The van der Waals surface area contributed by atoms with Crippen LogP contribution in [-0.4, -0.2) is 63.2 Å². The summed E-state index contributed by atoms with van der Waals surface area (Å²) in [4.78, 5) is 39.7. The molecule has 0 bridgehead atoms. The van der Waals surface area contributed by atoms with Gasteiger partial charge in [-0.25, -0.2) is 0 Å². The molecule has 2 atom stereocenters. The van der Waals surface area contributed by atoms with Crippen LogP contribution in [0.3, 0.4) is 0 Å². The number of carbonyl (C=O) groups excluding carboxylic acids is 3. The Morgan fingerprint density at radius 2 is 2.03 bits per heavy atom. The number of fused-ring (bicyclic) bond motifs is 1. The van der Waals surface area contributed by atoms with Crippen molar-refractivity contribution in [1.82, 2.24) is 5.32 Å². The molecule has 180 valence electrons. The minimum absolute atomic E-state index is 0.00219. The van der Waals surface area contributed by atoms with Crippen LogP contribution in [-0.2, 0) is 14.3 Å². The Morgan fingerprint density at radius 3 is 2.79 bits per heavy atom. The van der Waals surface area contributed by atoms with Gasteiger partial charge in [-0.1, -0.05) is 6.07 Å². The fourth-order valence-corrected chi connectivity index (χ4v) is 3.98. The third-order valence-electron chi connectivity index (χ3n) is 5.87. The molecule has 1 saturated heterocycles. The predicted octanol–water partition coefficient (Wildman–Crippen LogP) is 2.37. The van der Waals surface area contributed by atoms with E-state index in [0.717, 1.165) is 12.8 Å². The number of carbonyl (C=O) groups is 3. The van der Waals surface area contributed by atoms with Crippen LogP contribution in [0.5, 0.6) is 17.2 Å². The van der Waals surface area contributed by atoms with Gasteiger partial charge in [-0.15, -0.1) is 0 Å². The zero-order valence-corrected chi connectivity index (χ0v) is 19.2. The first kappa shape index (κ1) is 23.6. The van der Waals surface area contributed by atoms with E-state index in [4.69, 9.17) is 18.9 Å². The summed E-state index contributed by atoms with van der Waals surface area (Å²) in [6.45, 7) is 2.37. The van der Waals surface area contributed by atoms with Crippen molar-refractivity contribution in [1.29, 1.82) is 0 Å². The Morgan fingerprint density at radius 1 is 1.21 bits per heavy atom. The van der Waals surface area contributed by atoms with E-state index in [0.29, 0.717) is 41.7 Å². The fourth-order valence-electron chi connectivity index (χ4n) is 3.98. The predicted molar refractivity (Wildman–Crippen MR) is 124 cm³/mol. The molecule has 0 radical (unpaired) electrons. The molecule has 34 heavy (non-hydrogen) atoms. The van der Waals surface area contributed by atoms with Gasteiger partial charge in [0.1, 0.15) is 23.3 Å². The molecule has 9 nitrogen and oxygen atoms in total. The number of hydrogen-bond donors (Lipinski definition) is 1. The Kier molecular flexibility index (Phi) is 7.32. The summed E-state index contributed by atoms with van der Waals surface area (Å²) in [5.74, 6) is 0.626. The molecule has 2 aliphatic rings. The van der Waals surface area contributed by atoms with Crippen molar-refractivity contribution in [2.75, 3.05) is 38.4 Å². The number of methoxy groups -OCH3 is 1. The van der Waals surface area contributed by atoms with Crippen LogP contribution in [0.1, 0.15) is 30.1 Å². The van der Waals surface area contributed by atoms with E-state index in [2.05, 4.69) is 5.32 Å². The van der Waals surface area contributed by atoms with E-state index in [1.165, 1.54) is 4.90 Å². The molecular formula is C25H28N2O7. The minimum Gasteiger partial charge on any atom is -0.497 e. The van der Waals surface area contributed by atoms with Crippen molar-refractivity contribution in [2.24, 2.45) is 0 Å². The lowest BCUT2D eigenvalue weighted by Crippen LogP contribution is -2.52. The average molecular weight is 469 g/mol. The van der Waals surface area contributed by atoms with Crippen molar-refractivity contribution >= 4 is 23.3 Å². The van der Waals surface area contributed by atoms with Crippen LogP contribution in [0.2, 0.25) is 0 Å². The molecule has 1 fully saturated rings. The number of rotatable bonds is 9. The summed E-state index contributed by atoms with van der Waals surface area (Å²) in [6, 6.07) is 11.0. The van der Waals surface area contributed by atoms with Crippen molar-refractivity contribution in [3.05, 3.63) is 48.0 Å². The first-order valence-corrected chi connectivity index (χ1v) is 11.2. The third kappa shape index (κ3) is 5.31. The van der Waals surface area contributed by atoms with Gasteiger partial charge in [0.25, 0.3) is 5.91 Å². The van der Waals surface area contributed by atoms with Gasteiger partial charge in [-0.05, 0) is 50.1 Å². The van der Waals surface area contributed by atoms with Crippen LogP contribution in [0.25, 0.3) is 0 Å². The summed E-state index contributed by atoms with van der Waals surface area (Å²) in [6.07, 6.45) is 1.87. The molecule has 0 aliphatic carbocycles. The first-order chi connectivity index (χ1) is 16.5. The van der Waals surface area contributed by atoms with E-state index in [1.54, 1.807) is 56.5 Å². The van der Waals surface area contributed by atoms with Gasteiger partial charge in [0.05, 0.1) is 18.9 Å². The number of hydrogen-bond acceptors (Lipinski definition) is 7. The molecule has 2 heterocycles. The summed E-state index contributed by atoms with van der Waals surface area (Å²) >= 11 is 0. The molecule has 0 aromatic heterocycles. The van der Waals surface area contributed by atoms with E-state index in [-0.39, 0.29) is 36.9 Å². The smallest absolute Gasteiger partial charge is 0.265 e. The number of nitrogens with zero attached hydrogens (tertiary/aromatic N) is 1. The van der Waals surface area contributed by atoms with E-state index >= 15 is 0 Å². The van der Waals surface area contributed by atoms with E-state index < -0.39 is 6.04 Å². The highest BCUT2D eigenvalue weighted by Gasteiger charge is 2.34. The first-order valence-electron chi connectivity index (χ1n) is 11.2. The summed E-state index contributed by atoms with van der Waals surface area (Å²) in [5, 5.41) is 2.86. The van der Waals surface area contributed by atoms with Gasteiger partial charge in [0.2, 0.25) is 5.91 Å². The zero-order valence-electron chi connectivity index (χ0n) is 19.2. The van der Waals surface area contributed by atoms with Gasteiger partial charge < -0.3 is 24.3 Å². The number of anilines is 1. The molecule has 9 heteroatoms. The Hall–Kier alpha value is -3.59. The average Bonchev–Trinajstić information content (AvgIpc) is 3.39. The number of ketones is 1. The summed E-state index contributed by atoms with van der Waals surface area (Å²) in [7, 11) is 1.55. The van der Waals surface area contributed by atoms with Crippen molar-refractivity contribution in [3.63, 3.8) is 0 Å². The van der Waals surface area contributed by atoms with Crippen molar-refractivity contribution < 1.29 is 33.3 Å². The molecule has 2 aliphatic heterocycles. The SMILES string of the molecule is COc1cccc(OCC(=O)c2ccc3c(c2)N([C@H](C)C(=O)NC[C@H]2CCCO2)C(=O)CO3)c1. The van der Waals surface area contributed by atoms with Gasteiger partial charge in [-0.2, -0.15) is 0 Å². The minimum atomic E-state index is -0.782. The quantitative estimate of drug-likeness (QED) is 0.564. The highest BCUT2D eigenvalue weighted by molar-refractivity contribution is 6.05. The molecule has 0 unspecified atom stereocenters. The normalized spacial score (nSPS) is 18.0. The largest absolute Gasteiger partial charge is 0.497 e. The van der Waals surface area contributed by atoms with E-state index in [1.807, 2.05) is 0 Å². The maximum Gasteiger partial charge on any atom is 0.265 e. The highest BCUT2D eigenvalue weighted by atomic mass is 16.5. The second-order valence-electron chi connectivity index (χ2n) is 8.18. The van der Waals surface area contributed by atoms with Crippen molar-refractivity contribution in [3.8, 4) is 17.2 Å². The zero-order chi connectivity index (χ0) is 24.1. The number of Topliss-reactive ketones (excluding diaryl/α,β-unsaturated/α-hetero) is 1. The Balaban J connectivity index is 1.46. The maximum absolute atomic E-state index is 12.8. The number of amides is 2. The molecule has 2 aromatic carbocycles. The summed E-state index contributed by atoms with van der Waals surface area (Å²) in [5.41, 5.74) is 0.722. The van der Waals surface area contributed by atoms with Crippen LogP contribution in [0, 0.1) is 0 Å². The Bertz CT molecular complexity index is 1060. The molecule has 2 aromatic rings. The molecule has 2 amide bonds. The lowest BCUT2D eigenvalue weighted by Gasteiger charge is -2.33. The number of ether oxygens (including phenoxy) is 4. The maximum atomic E-state index is 12.8. The second-order valence-corrected chi connectivity index (χ2v) is 8.18. The van der Waals surface area contributed by atoms with Crippen molar-refractivity contribution in [2.45, 2.75) is 31.9 Å². The van der Waals surface area contributed by atoms with Crippen LogP contribution >= 0.6 is 0 Å². The number of nitrogens with one attached hydrogen (secondary N) is 1. The molecule has 1 N–H and O–H groups in total. The van der Waals surface area contributed by atoms with Gasteiger partial charge >= 0.3 is 0 Å². The second kappa shape index (κ2) is 10.6. The van der Waals surface area contributed by atoms with Gasteiger partial charge in [0, 0.05) is 24.8 Å². The Labute approximate surface area is 197 Å². The van der Waals surface area contributed by atoms with E-state index in [9.17, 15) is 14.4 Å². The van der Waals surface area contributed by atoms with Crippen LogP contribution in [0.4, 0.5) is 5.69 Å². The topological polar surface area (TPSA) is 103 Å². The lowest BCUT2D eigenvalue weighted by atomic mass is 10.1. The lowest BCUT2D eigenvalue weighted by molar-refractivity contribution is -0.127. The number of benzene rings is 2. The fraction of sp³-hybridized carbons (Fsp3) is 0.400. The molecule has 4 rings (SSSR count). The van der Waals surface area contributed by atoms with Crippen LogP contribution in [0.15, 0.2) is 42.5 Å². The monoisotopic (exact) mass is 468 g/mol.